The molecule has 0 spiro atoms. The van der Waals surface area contributed by atoms with Crippen LogP contribution in [0.15, 0.2) is 35.4 Å². The van der Waals surface area contributed by atoms with E-state index in [0.717, 1.165) is 44.4 Å². The van der Waals surface area contributed by atoms with Gasteiger partial charge in [0.15, 0.2) is 0 Å². The summed E-state index contributed by atoms with van der Waals surface area (Å²) in [6, 6.07) is 8.38. The van der Waals surface area contributed by atoms with Gasteiger partial charge in [0.2, 0.25) is 5.88 Å². The summed E-state index contributed by atoms with van der Waals surface area (Å²) in [7, 11) is 3.85. The minimum atomic E-state index is 0.483. The summed E-state index contributed by atoms with van der Waals surface area (Å²) in [5.74, 6) is 0.698. The summed E-state index contributed by atoms with van der Waals surface area (Å²) < 4.78 is 7.78. The van der Waals surface area contributed by atoms with Crippen LogP contribution in [0, 0.1) is 0 Å². The number of hydrogen-bond acceptors (Lipinski definition) is 7. The number of carbonyl (C=O) groups is 1. The molecule has 3 rings (SSSR count). The van der Waals surface area contributed by atoms with Crippen LogP contribution < -0.4 is 10.1 Å². The van der Waals surface area contributed by atoms with E-state index >= 15 is 0 Å². The number of aldehydes is 1. The van der Waals surface area contributed by atoms with Gasteiger partial charge in [-0.05, 0) is 43.7 Å². The molecule has 1 aromatic heterocycles. The number of aromatic nitrogens is 1. The smallest absolute Gasteiger partial charge is 0.221 e. The Morgan fingerprint density at radius 3 is 2.62 bits per heavy atom. The summed E-state index contributed by atoms with van der Waals surface area (Å²) in [6.45, 7) is 7.77. The van der Waals surface area contributed by atoms with Gasteiger partial charge in [-0.3, -0.25) is 0 Å². The van der Waals surface area contributed by atoms with Crippen molar-refractivity contribution in [1.82, 2.24) is 19.5 Å². The number of ether oxygens (including phenoxy) is 1. The van der Waals surface area contributed by atoms with Crippen LogP contribution in [0.25, 0.3) is 10.8 Å². The zero-order valence-electron chi connectivity index (χ0n) is 15.8. The van der Waals surface area contributed by atoms with Crippen molar-refractivity contribution in [3.63, 3.8) is 0 Å². The van der Waals surface area contributed by atoms with Crippen molar-refractivity contribution in [2.45, 2.75) is 11.8 Å². The number of fused-ring (bicyclic) bond motifs is 1. The Hall–Kier alpha value is -1.67. The Labute approximate surface area is 160 Å². The Balaban J connectivity index is 0.000000352. The van der Waals surface area contributed by atoms with Crippen LogP contribution in [0.4, 0.5) is 0 Å². The first-order valence-corrected chi connectivity index (χ1v) is 9.64. The predicted octanol–water partition coefficient (Wildman–Crippen LogP) is 2.29. The molecule has 0 amide bonds. The lowest BCUT2D eigenvalue weighted by molar-refractivity contribution is -0.107. The fourth-order valence-electron chi connectivity index (χ4n) is 2.62. The maximum absolute atomic E-state index is 9.50. The standard InChI is InChI=1S/C15H19N3OS.C4H9NO/c1-17-8-10-18(11-9-17)20-14-5-3-4-13-12(14)6-7-16-15(13)19-2;1-2-5-3-4-6/h3-7H,8-11H2,1-2H3;4-5H,2-3H2,1H3. The van der Waals surface area contributed by atoms with Crippen LogP contribution in [0.3, 0.4) is 0 Å². The highest BCUT2D eigenvalue weighted by Crippen LogP contribution is 2.33. The second kappa shape index (κ2) is 11.1. The number of likely N-dealkylation sites (N-methyl/N-ethyl adjacent to an activating group) is 2. The minimum Gasteiger partial charge on any atom is -0.481 e. The van der Waals surface area contributed by atoms with Gasteiger partial charge in [0, 0.05) is 48.0 Å². The molecule has 0 radical (unpaired) electrons. The van der Waals surface area contributed by atoms with Gasteiger partial charge in [-0.25, -0.2) is 9.29 Å². The van der Waals surface area contributed by atoms with E-state index in [9.17, 15) is 4.79 Å². The van der Waals surface area contributed by atoms with Crippen molar-refractivity contribution in [2.24, 2.45) is 0 Å². The Morgan fingerprint density at radius 1 is 1.23 bits per heavy atom. The van der Waals surface area contributed by atoms with E-state index in [2.05, 4.69) is 50.8 Å². The molecular weight excluding hydrogens is 348 g/mol. The molecule has 0 unspecified atom stereocenters. The third-order valence-electron chi connectivity index (χ3n) is 4.09. The molecule has 1 saturated heterocycles. The van der Waals surface area contributed by atoms with Crippen molar-refractivity contribution in [3.8, 4) is 5.88 Å². The number of benzene rings is 1. The molecule has 142 valence electrons. The lowest BCUT2D eigenvalue weighted by Gasteiger charge is -2.31. The monoisotopic (exact) mass is 376 g/mol. The van der Waals surface area contributed by atoms with E-state index < -0.39 is 0 Å². The second-order valence-corrected chi connectivity index (χ2v) is 7.11. The van der Waals surface area contributed by atoms with E-state index in [1.54, 1.807) is 7.11 Å². The Bertz CT molecular complexity index is 690. The van der Waals surface area contributed by atoms with Crippen molar-refractivity contribution in [2.75, 3.05) is 53.4 Å². The highest BCUT2D eigenvalue weighted by Gasteiger charge is 2.16. The zero-order valence-corrected chi connectivity index (χ0v) is 16.6. The maximum Gasteiger partial charge on any atom is 0.221 e. The molecule has 2 heterocycles. The molecule has 0 atom stereocenters. The molecule has 1 aliphatic rings. The fraction of sp³-hybridized carbons (Fsp3) is 0.474. The largest absolute Gasteiger partial charge is 0.481 e. The topological polar surface area (TPSA) is 57.7 Å². The average Bonchev–Trinajstić information content (AvgIpc) is 2.68. The summed E-state index contributed by atoms with van der Waals surface area (Å²) in [4.78, 5) is 17.4. The number of nitrogens with one attached hydrogen (secondary N) is 1. The first-order chi connectivity index (χ1) is 12.7. The minimum absolute atomic E-state index is 0.483. The molecule has 1 fully saturated rings. The van der Waals surface area contributed by atoms with Gasteiger partial charge in [-0.15, -0.1) is 0 Å². The van der Waals surface area contributed by atoms with Crippen LogP contribution in [0.1, 0.15) is 6.92 Å². The molecular formula is C19H28N4O2S. The van der Waals surface area contributed by atoms with E-state index in [-0.39, 0.29) is 0 Å². The first kappa shape index (κ1) is 20.6. The molecule has 1 aromatic carbocycles. The number of nitrogens with zero attached hydrogens (tertiary/aromatic N) is 3. The first-order valence-electron chi connectivity index (χ1n) is 8.87. The Kier molecular flexibility index (Phi) is 8.84. The molecule has 0 bridgehead atoms. The number of rotatable bonds is 6. The summed E-state index contributed by atoms with van der Waals surface area (Å²) >= 11 is 1.84. The highest BCUT2D eigenvalue weighted by molar-refractivity contribution is 7.97. The molecule has 7 heteroatoms. The number of pyridine rings is 1. The van der Waals surface area contributed by atoms with Gasteiger partial charge in [-0.2, -0.15) is 0 Å². The van der Waals surface area contributed by atoms with E-state index in [0.29, 0.717) is 12.4 Å². The van der Waals surface area contributed by atoms with Crippen LogP contribution in [0.2, 0.25) is 0 Å². The predicted molar refractivity (Wildman–Crippen MR) is 108 cm³/mol. The van der Waals surface area contributed by atoms with Crippen LogP contribution in [-0.4, -0.2) is 73.9 Å². The van der Waals surface area contributed by atoms with Gasteiger partial charge in [0.05, 0.1) is 13.7 Å². The molecule has 0 aliphatic carbocycles. The van der Waals surface area contributed by atoms with Crippen molar-refractivity contribution >= 4 is 29.0 Å². The van der Waals surface area contributed by atoms with E-state index in [1.807, 2.05) is 25.1 Å². The normalized spacial score (nSPS) is 15.3. The SMILES string of the molecule is CCNCC=O.COc1nccc2c(SN3CCN(C)CC3)cccc12. The summed E-state index contributed by atoms with van der Waals surface area (Å²) in [5.41, 5.74) is 0. The van der Waals surface area contributed by atoms with Crippen LogP contribution in [0.5, 0.6) is 5.88 Å². The number of carbonyl (C=O) groups excluding carboxylic acids is 1. The number of methoxy groups -OCH3 is 1. The van der Waals surface area contributed by atoms with Crippen LogP contribution >= 0.6 is 11.9 Å². The average molecular weight is 377 g/mol. The van der Waals surface area contributed by atoms with Gasteiger partial charge in [0.1, 0.15) is 6.29 Å². The molecule has 0 saturated carbocycles. The molecule has 1 aliphatic heterocycles. The van der Waals surface area contributed by atoms with Crippen molar-refractivity contribution < 1.29 is 9.53 Å². The maximum atomic E-state index is 9.50. The van der Waals surface area contributed by atoms with Crippen molar-refractivity contribution in [3.05, 3.63) is 30.5 Å². The van der Waals surface area contributed by atoms with Gasteiger partial charge in [-0.1, -0.05) is 13.0 Å². The quantitative estimate of drug-likeness (QED) is 0.472. The lowest BCUT2D eigenvalue weighted by Crippen LogP contribution is -2.40. The van der Waals surface area contributed by atoms with Crippen LogP contribution in [-0.2, 0) is 4.79 Å². The third-order valence-corrected chi connectivity index (χ3v) is 5.27. The lowest BCUT2D eigenvalue weighted by atomic mass is 10.2. The number of piperazine rings is 1. The summed E-state index contributed by atoms with van der Waals surface area (Å²) in [5, 5.41) is 5.12. The fourth-order valence-corrected chi connectivity index (χ4v) is 3.66. The van der Waals surface area contributed by atoms with E-state index in [4.69, 9.17) is 4.74 Å². The molecule has 26 heavy (non-hydrogen) atoms. The third kappa shape index (κ3) is 5.95. The second-order valence-electron chi connectivity index (χ2n) is 5.97. The van der Waals surface area contributed by atoms with Crippen molar-refractivity contribution in [1.29, 1.82) is 0 Å². The number of hydrogen-bond donors (Lipinski definition) is 1. The summed E-state index contributed by atoms with van der Waals surface area (Å²) in [6.07, 6.45) is 2.67. The Morgan fingerprint density at radius 2 is 2.00 bits per heavy atom. The van der Waals surface area contributed by atoms with Gasteiger partial charge >= 0.3 is 0 Å². The highest BCUT2D eigenvalue weighted by atomic mass is 32.2. The van der Waals surface area contributed by atoms with E-state index in [1.165, 1.54) is 10.3 Å². The molecule has 6 nitrogen and oxygen atoms in total. The van der Waals surface area contributed by atoms with Gasteiger partial charge in [0.25, 0.3) is 0 Å². The zero-order chi connectivity index (χ0) is 18.8. The molecule has 1 N–H and O–H groups in total. The molecule has 2 aromatic rings. The van der Waals surface area contributed by atoms with Gasteiger partial charge < -0.3 is 19.7 Å².